The van der Waals surface area contributed by atoms with E-state index in [0.717, 1.165) is 18.4 Å². The quantitative estimate of drug-likeness (QED) is 0.680. The average molecular weight is 278 g/mol. The highest BCUT2D eigenvalue weighted by Crippen LogP contribution is 2.14. The molecule has 4 N–H and O–H groups in total. The van der Waals surface area contributed by atoms with Crippen molar-refractivity contribution in [3.05, 3.63) is 35.9 Å². The van der Waals surface area contributed by atoms with Crippen LogP contribution >= 0.6 is 0 Å². The maximum atomic E-state index is 11.8. The Morgan fingerprint density at radius 1 is 1.25 bits per heavy atom. The molecule has 1 aromatic rings. The molecule has 0 fully saturated rings. The van der Waals surface area contributed by atoms with Crippen molar-refractivity contribution in [2.24, 2.45) is 11.7 Å². The van der Waals surface area contributed by atoms with Gasteiger partial charge in [-0.05, 0) is 11.5 Å². The Bertz CT molecular complexity index is 391. The Labute approximate surface area is 121 Å². The minimum atomic E-state index is -0.484. The van der Waals surface area contributed by atoms with Gasteiger partial charge in [-0.1, -0.05) is 57.0 Å². The molecule has 20 heavy (non-hydrogen) atoms. The fourth-order valence-corrected chi connectivity index (χ4v) is 2.31. The van der Waals surface area contributed by atoms with E-state index in [1.807, 2.05) is 44.2 Å². The highest BCUT2D eigenvalue weighted by atomic mass is 16.3. The lowest BCUT2D eigenvalue weighted by Gasteiger charge is -2.20. The SMILES string of the molecule is CCC(CC)C(O)CNC(=O)CC(N)c1ccccc1. The van der Waals surface area contributed by atoms with E-state index < -0.39 is 6.10 Å². The summed E-state index contributed by atoms with van der Waals surface area (Å²) in [6.07, 6.45) is 1.58. The van der Waals surface area contributed by atoms with Crippen LogP contribution in [0.5, 0.6) is 0 Å². The molecule has 0 radical (unpaired) electrons. The average Bonchev–Trinajstić information content (AvgIpc) is 2.47. The zero-order chi connectivity index (χ0) is 15.0. The molecule has 1 aromatic carbocycles. The van der Waals surface area contributed by atoms with Crippen LogP contribution in [-0.2, 0) is 4.79 Å². The maximum Gasteiger partial charge on any atom is 0.221 e. The summed E-state index contributed by atoms with van der Waals surface area (Å²) < 4.78 is 0. The highest BCUT2D eigenvalue weighted by molar-refractivity contribution is 5.76. The molecular weight excluding hydrogens is 252 g/mol. The van der Waals surface area contributed by atoms with Gasteiger partial charge >= 0.3 is 0 Å². The summed E-state index contributed by atoms with van der Waals surface area (Å²) in [6.45, 7) is 4.39. The predicted octanol–water partition coefficient (Wildman–Crippen LogP) is 1.99. The number of carbonyl (C=O) groups is 1. The Balaban J connectivity index is 2.37. The van der Waals surface area contributed by atoms with Gasteiger partial charge < -0.3 is 16.2 Å². The number of nitrogens with two attached hydrogens (primary N) is 1. The van der Waals surface area contributed by atoms with Crippen molar-refractivity contribution >= 4 is 5.91 Å². The molecule has 2 atom stereocenters. The molecule has 0 spiro atoms. The third kappa shape index (κ3) is 5.31. The molecule has 112 valence electrons. The first-order chi connectivity index (χ1) is 9.58. The van der Waals surface area contributed by atoms with Crippen LogP contribution in [0, 0.1) is 5.92 Å². The molecular formula is C16H26N2O2. The fourth-order valence-electron chi connectivity index (χ4n) is 2.31. The van der Waals surface area contributed by atoms with E-state index in [2.05, 4.69) is 5.32 Å². The number of hydrogen-bond donors (Lipinski definition) is 3. The lowest BCUT2D eigenvalue weighted by molar-refractivity contribution is -0.122. The monoisotopic (exact) mass is 278 g/mol. The molecule has 2 unspecified atom stereocenters. The van der Waals surface area contributed by atoms with Crippen molar-refractivity contribution in [1.82, 2.24) is 5.32 Å². The summed E-state index contributed by atoms with van der Waals surface area (Å²) in [4.78, 5) is 11.8. The van der Waals surface area contributed by atoms with Gasteiger partial charge in [0.15, 0.2) is 0 Å². The largest absolute Gasteiger partial charge is 0.391 e. The first-order valence-corrected chi connectivity index (χ1v) is 7.33. The Morgan fingerprint density at radius 2 is 1.85 bits per heavy atom. The number of nitrogens with one attached hydrogen (secondary N) is 1. The second-order valence-electron chi connectivity index (χ2n) is 5.17. The molecule has 0 saturated heterocycles. The fraction of sp³-hybridized carbons (Fsp3) is 0.562. The molecule has 1 rings (SSSR count). The van der Waals surface area contributed by atoms with Gasteiger partial charge in [0.05, 0.1) is 6.10 Å². The first kappa shape index (κ1) is 16.7. The van der Waals surface area contributed by atoms with Crippen LogP contribution in [0.2, 0.25) is 0 Å². The van der Waals surface area contributed by atoms with Crippen LogP contribution in [0.15, 0.2) is 30.3 Å². The number of amides is 1. The van der Waals surface area contributed by atoms with E-state index in [1.54, 1.807) is 0 Å². The number of aliphatic hydroxyl groups is 1. The minimum absolute atomic E-state index is 0.119. The summed E-state index contributed by atoms with van der Waals surface area (Å²) >= 11 is 0. The van der Waals surface area contributed by atoms with Crippen LogP contribution in [0.25, 0.3) is 0 Å². The van der Waals surface area contributed by atoms with Gasteiger partial charge in [-0.15, -0.1) is 0 Å². The van der Waals surface area contributed by atoms with E-state index in [-0.39, 0.29) is 24.3 Å². The standard InChI is InChI=1S/C16H26N2O2/c1-3-12(4-2)15(19)11-18-16(20)10-14(17)13-8-6-5-7-9-13/h5-9,12,14-15,19H,3-4,10-11,17H2,1-2H3,(H,18,20). The topological polar surface area (TPSA) is 75.3 Å². The summed E-state index contributed by atoms with van der Waals surface area (Å²) in [7, 11) is 0. The number of rotatable bonds is 8. The molecule has 0 heterocycles. The molecule has 0 aromatic heterocycles. The van der Waals surface area contributed by atoms with Gasteiger partial charge in [-0.25, -0.2) is 0 Å². The molecule has 0 aliphatic carbocycles. The zero-order valence-corrected chi connectivity index (χ0v) is 12.4. The van der Waals surface area contributed by atoms with E-state index in [0.29, 0.717) is 6.54 Å². The molecule has 1 amide bonds. The molecule has 0 aliphatic rings. The Kier molecular flexibility index (Phi) is 7.26. The van der Waals surface area contributed by atoms with Crippen molar-refractivity contribution in [3.8, 4) is 0 Å². The van der Waals surface area contributed by atoms with Gasteiger partial charge in [0.2, 0.25) is 5.91 Å². The third-order valence-corrected chi connectivity index (χ3v) is 3.73. The lowest BCUT2D eigenvalue weighted by atomic mass is 9.96. The second-order valence-corrected chi connectivity index (χ2v) is 5.17. The van der Waals surface area contributed by atoms with Gasteiger partial charge in [0, 0.05) is 19.0 Å². The van der Waals surface area contributed by atoms with Crippen molar-refractivity contribution in [2.75, 3.05) is 6.54 Å². The summed E-state index contributed by atoms with van der Waals surface area (Å²) in [5.74, 6) is 0.115. The number of hydrogen-bond acceptors (Lipinski definition) is 3. The molecule has 0 aliphatic heterocycles. The molecule has 0 saturated carbocycles. The third-order valence-electron chi connectivity index (χ3n) is 3.73. The van der Waals surface area contributed by atoms with Gasteiger partial charge in [0.1, 0.15) is 0 Å². The molecule has 0 bridgehead atoms. The maximum absolute atomic E-state index is 11.8. The van der Waals surface area contributed by atoms with E-state index in [1.165, 1.54) is 0 Å². The van der Waals surface area contributed by atoms with E-state index in [9.17, 15) is 9.90 Å². The number of benzene rings is 1. The van der Waals surface area contributed by atoms with Crippen LogP contribution in [0.1, 0.15) is 44.7 Å². The minimum Gasteiger partial charge on any atom is -0.391 e. The summed E-state index contributed by atoms with van der Waals surface area (Å²) in [5.41, 5.74) is 6.94. The van der Waals surface area contributed by atoms with E-state index in [4.69, 9.17) is 5.73 Å². The van der Waals surface area contributed by atoms with Crippen molar-refractivity contribution in [1.29, 1.82) is 0 Å². The first-order valence-electron chi connectivity index (χ1n) is 7.33. The van der Waals surface area contributed by atoms with Crippen molar-refractivity contribution in [2.45, 2.75) is 45.3 Å². The van der Waals surface area contributed by atoms with Gasteiger partial charge in [0.25, 0.3) is 0 Å². The van der Waals surface area contributed by atoms with Crippen molar-refractivity contribution in [3.63, 3.8) is 0 Å². The second kappa shape index (κ2) is 8.72. The number of carbonyl (C=O) groups excluding carboxylic acids is 1. The predicted molar refractivity (Wildman–Crippen MR) is 81.1 cm³/mol. The summed E-state index contributed by atoms with van der Waals surface area (Å²) in [5, 5.41) is 12.7. The van der Waals surface area contributed by atoms with E-state index >= 15 is 0 Å². The normalized spacial score (nSPS) is 14.1. The zero-order valence-electron chi connectivity index (χ0n) is 12.4. The highest BCUT2D eigenvalue weighted by Gasteiger charge is 2.17. The van der Waals surface area contributed by atoms with Crippen LogP contribution in [0.4, 0.5) is 0 Å². The van der Waals surface area contributed by atoms with Crippen molar-refractivity contribution < 1.29 is 9.90 Å². The Hall–Kier alpha value is -1.39. The lowest BCUT2D eigenvalue weighted by Crippen LogP contribution is -2.37. The van der Waals surface area contributed by atoms with Gasteiger partial charge in [-0.2, -0.15) is 0 Å². The summed E-state index contributed by atoms with van der Waals surface area (Å²) in [6, 6.07) is 9.26. The molecule has 4 nitrogen and oxygen atoms in total. The van der Waals surface area contributed by atoms with Crippen LogP contribution in [0.3, 0.4) is 0 Å². The number of aliphatic hydroxyl groups excluding tert-OH is 1. The van der Waals surface area contributed by atoms with Gasteiger partial charge in [-0.3, -0.25) is 4.79 Å². The Morgan fingerprint density at radius 3 is 2.40 bits per heavy atom. The molecule has 4 heteroatoms. The smallest absolute Gasteiger partial charge is 0.221 e. The van der Waals surface area contributed by atoms with Crippen LogP contribution < -0.4 is 11.1 Å². The van der Waals surface area contributed by atoms with Crippen LogP contribution in [-0.4, -0.2) is 23.7 Å².